The monoisotopic (exact) mass is 339 g/mol. The maximum atomic E-state index is 12.5. The van der Waals surface area contributed by atoms with E-state index in [2.05, 4.69) is 15.2 Å². The summed E-state index contributed by atoms with van der Waals surface area (Å²) in [4.78, 5) is 17.6. The zero-order valence-corrected chi connectivity index (χ0v) is 12.8. The fourth-order valence-electron chi connectivity index (χ4n) is 2.78. The Bertz CT molecular complexity index is 736. The van der Waals surface area contributed by atoms with E-state index in [-0.39, 0.29) is 5.56 Å². The maximum Gasteiger partial charge on any atom is 0.435 e. The number of hydrogen-bond acceptors (Lipinski definition) is 5. The molecule has 1 saturated heterocycles. The highest BCUT2D eigenvalue weighted by Crippen LogP contribution is 2.28. The molecule has 9 heteroatoms. The topological polar surface area (TPSA) is 63.9 Å². The van der Waals surface area contributed by atoms with Crippen molar-refractivity contribution in [3.63, 3.8) is 0 Å². The average Bonchev–Trinajstić information content (AvgIpc) is 2.57. The van der Waals surface area contributed by atoms with Gasteiger partial charge in [0.2, 0.25) is 0 Å². The van der Waals surface area contributed by atoms with Crippen molar-refractivity contribution in [1.29, 1.82) is 0 Å². The first kappa shape index (κ1) is 16.4. The Hall–Kier alpha value is -2.45. The second-order valence-electron chi connectivity index (χ2n) is 5.78. The first-order valence-electron chi connectivity index (χ1n) is 7.60. The van der Waals surface area contributed by atoms with E-state index >= 15 is 0 Å². The van der Waals surface area contributed by atoms with Crippen LogP contribution in [0.1, 0.15) is 18.5 Å². The SMILES string of the molecule is O=c1ccncn1CC1CCN(c2ccc(C(F)(F)F)nn2)CC1. The third kappa shape index (κ3) is 3.72. The lowest BCUT2D eigenvalue weighted by Crippen LogP contribution is -2.37. The minimum Gasteiger partial charge on any atom is -0.355 e. The molecular weight excluding hydrogens is 323 g/mol. The molecule has 2 aromatic rings. The van der Waals surface area contributed by atoms with E-state index < -0.39 is 11.9 Å². The third-order valence-corrected chi connectivity index (χ3v) is 4.13. The van der Waals surface area contributed by atoms with Crippen LogP contribution in [-0.2, 0) is 12.7 Å². The van der Waals surface area contributed by atoms with Crippen LogP contribution in [0.25, 0.3) is 0 Å². The molecule has 0 saturated carbocycles. The Labute approximate surface area is 136 Å². The summed E-state index contributed by atoms with van der Waals surface area (Å²) in [7, 11) is 0. The molecule has 2 aromatic heterocycles. The largest absolute Gasteiger partial charge is 0.435 e. The molecule has 0 spiro atoms. The minimum absolute atomic E-state index is 0.0824. The molecule has 3 heterocycles. The summed E-state index contributed by atoms with van der Waals surface area (Å²) >= 11 is 0. The summed E-state index contributed by atoms with van der Waals surface area (Å²) in [6, 6.07) is 3.72. The van der Waals surface area contributed by atoms with Crippen molar-refractivity contribution in [2.45, 2.75) is 25.6 Å². The normalized spacial score (nSPS) is 16.4. The fourth-order valence-corrected chi connectivity index (χ4v) is 2.78. The number of piperidine rings is 1. The molecule has 1 aliphatic heterocycles. The molecule has 6 nitrogen and oxygen atoms in total. The van der Waals surface area contributed by atoms with E-state index in [1.54, 1.807) is 4.57 Å². The molecule has 128 valence electrons. The van der Waals surface area contributed by atoms with Gasteiger partial charge in [-0.25, -0.2) is 4.98 Å². The molecule has 1 aliphatic rings. The van der Waals surface area contributed by atoms with E-state index in [0.29, 0.717) is 31.4 Å². The number of rotatable bonds is 3. The van der Waals surface area contributed by atoms with Crippen LogP contribution in [0.15, 0.2) is 35.5 Å². The Morgan fingerprint density at radius 2 is 1.88 bits per heavy atom. The van der Waals surface area contributed by atoms with E-state index in [9.17, 15) is 18.0 Å². The number of anilines is 1. The van der Waals surface area contributed by atoms with Gasteiger partial charge in [-0.1, -0.05) is 0 Å². The second-order valence-corrected chi connectivity index (χ2v) is 5.78. The highest BCUT2D eigenvalue weighted by molar-refractivity contribution is 5.38. The van der Waals surface area contributed by atoms with Crippen molar-refractivity contribution in [3.8, 4) is 0 Å². The van der Waals surface area contributed by atoms with Crippen LogP contribution in [-0.4, -0.2) is 32.8 Å². The molecule has 0 aromatic carbocycles. The van der Waals surface area contributed by atoms with Gasteiger partial charge in [-0.2, -0.15) is 13.2 Å². The number of alkyl halides is 3. The average molecular weight is 339 g/mol. The summed E-state index contributed by atoms with van der Waals surface area (Å²) in [5.74, 6) is 0.769. The highest BCUT2D eigenvalue weighted by Gasteiger charge is 2.33. The molecule has 0 aliphatic carbocycles. The van der Waals surface area contributed by atoms with Gasteiger partial charge in [0.05, 0.1) is 6.33 Å². The van der Waals surface area contributed by atoms with E-state index in [1.807, 2.05) is 4.90 Å². The molecule has 0 unspecified atom stereocenters. The van der Waals surface area contributed by atoms with E-state index in [0.717, 1.165) is 18.9 Å². The van der Waals surface area contributed by atoms with Crippen LogP contribution in [0, 0.1) is 5.92 Å². The predicted molar refractivity (Wildman–Crippen MR) is 80.5 cm³/mol. The maximum absolute atomic E-state index is 12.5. The van der Waals surface area contributed by atoms with Crippen LogP contribution in [0.2, 0.25) is 0 Å². The predicted octanol–water partition coefficient (Wildman–Crippen LogP) is 1.97. The first-order chi connectivity index (χ1) is 11.4. The van der Waals surface area contributed by atoms with Crippen LogP contribution in [0.4, 0.5) is 19.0 Å². The van der Waals surface area contributed by atoms with Crippen molar-refractivity contribution in [2.75, 3.05) is 18.0 Å². The highest BCUT2D eigenvalue weighted by atomic mass is 19.4. The molecule has 0 N–H and O–H groups in total. The molecule has 1 fully saturated rings. The Kier molecular flexibility index (Phi) is 4.50. The lowest BCUT2D eigenvalue weighted by Gasteiger charge is -2.32. The molecule has 24 heavy (non-hydrogen) atoms. The van der Waals surface area contributed by atoms with Crippen molar-refractivity contribution in [1.82, 2.24) is 19.7 Å². The summed E-state index contributed by atoms with van der Waals surface area (Å²) < 4.78 is 39.1. The summed E-state index contributed by atoms with van der Waals surface area (Å²) in [6.45, 7) is 1.93. The van der Waals surface area contributed by atoms with Gasteiger partial charge < -0.3 is 4.90 Å². The quantitative estimate of drug-likeness (QED) is 0.855. The first-order valence-corrected chi connectivity index (χ1v) is 7.60. The zero-order valence-electron chi connectivity index (χ0n) is 12.8. The number of aromatic nitrogens is 4. The summed E-state index contributed by atoms with van der Waals surface area (Å²) in [5, 5.41) is 6.94. The van der Waals surface area contributed by atoms with Gasteiger partial charge in [0.15, 0.2) is 11.5 Å². The smallest absolute Gasteiger partial charge is 0.355 e. The van der Waals surface area contributed by atoms with Gasteiger partial charge in [0.25, 0.3) is 5.56 Å². The van der Waals surface area contributed by atoms with Gasteiger partial charge in [-0.15, -0.1) is 10.2 Å². The third-order valence-electron chi connectivity index (χ3n) is 4.13. The van der Waals surface area contributed by atoms with Crippen LogP contribution in [0.3, 0.4) is 0 Å². The van der Waals surface area contributed by atoms with Crippen LogP contribution < -0.4 is 10.5 Å². The summed E-state index contributed by atoms with van der Waals surface area (Å²) in [5.41, 5.74) is -1.07. The van der Waals surface area contributed by atoms with Gasteiger partial charge in [-0.05, 0) is 30.9 Å². The van der Waals surface area contributed by atoms with Crippen LogP contribution >= 0.6 is 0 Å². The van der Waals surface area contributed by atoms with Gasteiger partial charge in [-0.3, -0.25) is 9.36 Å². The van der Waals surface area contributed by atoms with Gasteiger partial charge >= 0.3 is 6.18 Å². The molecule has 0 bridgehead atoms. The number of halogens is 3. The van der Waals surface area contributed by atoms with Crippen molar-refractivity contribution >= 4 is 5.82 Å². The molecular formula is C15H16F3N5O. The van der Waals surface area contributed by atoms with Crippen molar-refractivity contribution in [2.24, 2.45) is 5.92 Å². The fraction of sp³-hybridized carbons (Fsp3) is 0.467. The standard InChI is InChI=1S/C15H16F3N5O/c16-15(17,18)12-1-2-13(21-20-12)22-7-4-11(5-8-22)9-23-10-19-6-3-14(23)24/h1-3,6,10-11H,4-5,7-9H2. The van der Waals surface area contributed by atoms with E-state index in [4.69, 9.17) is 0 Å². The van der Waals surface area contributed by atoms with E-state index in [1.165, 1.54) is 24.7 Å². The molecule has 3 rings (SSSR count). The molecule has 0 radical (unpaired) electrons. The number of nitrogens with zero attached hydrogens (tertiary/aromatic N) is 5. The van der Waals surface area contributed by atoms with Crippen molar-refractivity contribution < 1.29 is 13.2 Å². The lowest BCUT2D eigenvalue weighted by molar-refractivity contribution is -0.141. The minimum atomic E-state index is -4.48. The van der Waals surface area contributed by atoms with Crippen LogP contribution in [0.5, 0.6) is 0 Å². The van der Waals surface area contributed by atoms with Gasteiger partial charge in [0, 0.05) is 31.9 Å². The number of hydrogen-bond donors (Lipinski definition) is 0. The van der Waals surface area contributed by atoms with Gasteiger partial charge in [0.1, 0.15) is 0 Å². The molecule has 0 atom stereocenters. The second kappa shape index (κ2) is 6.58. The molecule has 0 amide bonds. The Morgan fingerprint density at radius 1 is 1.12 bits per heavy atom. The zero-order chi connectivity index (χ0) is 17.2. The lowest BCUT2D eigenvalue weighted by atomic mass is 9.96. The van der Waals surface area contributed by atoms with Crippen molar-refractivity contribution in [3.05, 3.63) is 46.8 Å². The Morgan fingerprint density at radius 3 is 2.46 bits per heavy atom. The Balaban J connectivity index is 1.59. The summed E-state index contributed by atoms with van der Waals surface area (Å²) in [6.07, 6.45) is 0.157.